The molecule has 3 aromatic heterocycles. The van der Waals surface area contributed by atoms with Gasteiger partial charge in [-0.1, -0.05) is 29.8 Å². The Balaban J connectivity index is 0.000000494. The molecule has 0 spiro atoms. The molecule has 30 heavy (non-hydrogen) atoms. The van der Waals surface area contributed by atoms with Gasteiger partial charge in [-0.3, -0.25) is 0 Å². The van der Waals surface area contributed by atoms with Crippen molar-refractivity contribution in [1.82, 2.24) is 15.0 Å². The van der Waals surface area contributed by atoms with E-state index in [1.165, 1.54) is 5.56 Å². The van der Waals surface area contributed by atoms with Crippen LogP contribution in [0.3, 0.4) is 0 Å². The molecule has 1 unspecified atom stereocenters. The summed E-state index contributed by atoms with van der Waals surface area (Å²) in [6, 6.07) is 16.5. The van der Waals surface area contributed by atoms with Crippen molar-refractivity contribution >= 4 is 47.3 Å². The molecule has 0 saturated carbocycles. The van der Waals surface area contributed by atoms with Crippen molar-refractivity contribution in [3.63, 3.8) is 0 Å². The molecule has 2 aromatic carbocycles. The van der Waals surface area contributed by atoms with E-state index in [2.05, 4.69) is 58.3 Å². The summed E-state index contributed by atoms with van der Waals surface area (Å²) in [5.74, 6) is 0.881. The number of nitrogens with zero attached hydrogens (tertiary/aromatic N) is 2. The van der Waals surface area contributed by atoms with E-state index in [0.717, 1.165) is 44.2 Å². The van der Waals surface area contributed by atoms with Gasteiger partial charge in [-0.15, -0.1) is 0 Å². The van der Waals surface area contributed by atoms with E-state index in [0.29, 0.717) is 0 Å². The van der Waals surface area contributed by atoms with Gasteiger partial charge in [-0.05, 0) is 25.1 Å². The molecule has 5 rings (SSSR count). The molecule has 0 fully saturated rings. The number of aromatic amines is 2. The van der Waals surface area contributed by atoms with Gasteiger partial charge in [0.15, 0.2) is 6.20 Å². The number of hydrogen-bond donors (Lipinski definition) is 2. The first-order chi connectivity index (χ1) is 13.5. The Morgan fingerprint density at radius 3 is 2.40 bits per heavy atom. The minimum absolute atomic E-state index is 0. The van der Waals surface area contributed by atoms with E-state index in [1.54, 1.807) is 0 Å². The second-order valence-electron chi connectivity index (χ2n) is 6.25. The van der Waals surface area contributed by atoms with Crippen molar-refractivity contribution in [2.75, 3.05) is 0 Å². The summed E-state index contributed by atoms with van der Waals surface area (Å²) in [5, 5.41) is 2.15. The van der Waals surface area contributed by atoms with E-state index in [1.807, 2.05) is 24.5 Å². The van der Waals surface area contributed by atoms with Crippen molar-refractivity contribution in [2.45, 2.75) is 6.92 Å². The third-order valence-electron chi connectivity index (χ3n) is 4.45. The average Bonchev–Trinajstić information content (AvgIpc) is 3.14. The average molecular weight is 475 g/mol. The zero-order valence-corrected chi connectivity index (χ0v) is 17.6. The first kappa shape index (κ1) is 23.2. The molecule has 9 nitrogen and oxygen atoms in total. The number of imidazole rings is 1. The van der Waals surface area contributed by atoms with Crippen LogP contribution < -0.4 is 9.17 Å². The van der Waals surface area contributed by atoms with Crippen LogP contribution >= 0.6 is 0 Å². The first-order valence-corrected chi connectivity index (χ1v) is 10.6. The van der Waals surface area contributed by atoms with Gasteiger partial charge < -0.3 is 15.9 Å². The number of pyridine rings is 2. The fourth-order valence-electron chi connectivity index (χ4n) is 3.25. The van der Waals surface area contributed by atoms with Crippen LogP contribution in [0.4, 0.5) is 0 Å². The Morgan fingerprint density at radius 1 is 1.03 bits per heavy atom. The van der Waals surface area contributed by atoms with Gasteiger partial charge in [0, 0.05) is 23.2 Å². The molecule has 0 aliphatic carbocycles. The second-order valence-corrected chi connectivity index (χ2v) is 7.16. The maximum atomic E-state index is 8.65. The molecule has 0 bridgehead atoms. The van der Waals surface area contributed by atoms with Gasteiger partial charge >= 0.3 is 26.7 Å². The Hall–Kier alpha value is -3.11. The van der Waals surface area contributed by atoms with E-state index in [9.17, 15) is 0 Å². The van der Waals surface area contributed by atoms with E-state index < -0.39 is 14.5 Å². The number of rotatable bonds is 1. The van der Waals surface area contributed by atoms with Crippen LogP contribution in [0, 0.1) is 6.92 Å². The number of hydrogen-bond acceptors (Lipinski definition) is 4. The van der Waals surface area contributed by atoms with Crippen molar-refractivity contribution < 1.29 is 28.1 Å². The molecule has 156 valence electrons. The van der Waals surface area contributed by atoms with E-state index >= 15 is 0 Å². The maximum absolute atomic E-state index is 8.65. The molecular formula is C20H20N4O5Se. The third kappa shape index (κ3) is 4.39. The minimum atomic E-state index is -3.54. The van der Waals surface area contributed by atoms with Crippen LogP contribution in [0.2, 0.25) is 0 Å². The summed E-state index contributed by atoms with van der Waals surface area (Å²) in [6.07, 6.45) is 3.75. The fraction of sp³-hybridized carbons (Fsp3) is 0.0500. The standard InChI is InChI=1S/C20H14N4.H2O3Se.2H2O/c1-12-6-8-13(9-7-12)20-23-18-14-4-2-10-21-16(14)17-15(19(18)24-20)5-3-11-22-17;1-4(2)3;;/h2-11H,1H3,(H,23,24);(H2,1,2,3);2*1H2. The summed E-state index contributed by atoms with van der Waals surface area (Å²) >= 11 is -3.54. The van der Waals surface area contributed by atoms with Gasteiger partial charge in [0.2, 0.25) is 5.52 Å². The second kappa shape index (κ2) is 9.59. The quantitative estimate of drug-likeness (QED) is 0.258. The van der Waals surface area contributed by atoms with Crippen LogP contribution in [0.1, 0.15) is 5.56 Å². The number of fused-ring (bicyclic) bond motifs is 6. The topological polar surface area (TPSA) is 179 Å². The number of H-pyrrole nitrogens is 2. The SMILES string of the molecule is Cc1ccc(-c2nc3c4ccc[nH+]c4c4ncccc4c3[nH]2)cc1.O.O.O=[Se]([O-])O. The molecule has 7 N–H and O–H groups in total. The summed E-state index contributed by atoms with van der Waals surface area (Å²) < 4.78 is 24.4. The third-order valence-corrected chi connectivity index (χ3v) is 4.45. The van der Waals surface area contributed by atoms with Gasteiger partial charge in [-0.2, -0.15) is 0 Å². The normalized spacial score (nSPS) is 11.3. The van der Waals surface area contributed by atoms with Gasteiger partial charge in [-0.25, -0.2) is 15.0 Å². The zero-order chi connectivity index (χ0) is 19.7. The molecule has 10 heteroatoms. The number of benzene rings is 2. The van der Waals surface area contributed by atoms with E-state index in [-0.39, 0.29) is 11.0 Å². The Labute approximate surface area is 175 Å². The first-order valence-electron chi connectivity index (χ1n) is 8.47. The molecule has 0 aliphatic heterocycles. The molecule has 5 aromatic rings. The monoisotopic (exact) mass is 476 g/mol. The van der Waals surface area contributed by atoms with Crippen molar-refractivity contribution in [3.05, 3.63) is 66.5 Å². The van der Waals surface area contributed by atoms with Gasteiger partial charge in [0.05, 0.1) is 10.9 Å². The molecule has 0 aliphatic rings. The summed E-state index contributed by atoms with van der Waals surface area (Å²) in [5.41, 5.74) is 6.30. The molecule has 0 saturated heterocycles. The zero-order valence-electron chi connectivity index (χ0n) is 15.8. The number of nitrogens with one attached hydrogen (secondary N) is 2. The predicted octanol–water partition coefficient (Wildman–Crippen LogP) is 0.159. The van der Waals surface area contributed by atoms with E-state index in [4.69, 9.17) is 17.2 Å². The van der Waals surface area contributed by atoms with Crippen LogP contribution in [0.5, 0.6) is 0 Å². The van der Waals surface area contributed by atoms with Crippen molar-refractivity contribution in [2.24, 2.45) is 0 Å². The van der Waals surface area contributed by atoms with Crippen molar-refractivity contribution in [1.29, 1.82) is 0 Å². The molecule has 0 radical (unpaired) electrons. The Kier molecular flexibility index (Phi) is 7.41. The van der Waals surface area contributed by atoms with Crippen LogP contribution in [0.15, 0.2) is 60.9 Å². The summed E-state index contributed by atoms with van der Waals surface area (Å²) in [6.45, 7) is 2.09. The Morgan fingerprint density at radius 2 is 1.70 bits per heavy atom. The predicted molar refractivity (Wildman–Crippen MR) is 112 cm³/mol. The van der Waals surface area contributed by atoms with Crippen LogP contribution in [0.25, 0.3) is 44.2 Å². The molecule has 3 heterocycles. The van der Waals surface area contributed by atoms with Crippen LogP contribution in [-0.2, 0) is 3.83 Å². The summed E-state index contributed by atoms with van der Waals surface area (Å²) in [4.78, 5) is 16.3. The number of aromatic nitrogens is 4. The summed E-state index contributed by atoms with van der Waals surface area (Å²) in [7, 11) is 0. The van der Waals surface area contributed by atoms with Crippen LogP contribution in [-0.4, -0.2) is 44.6 Å². The van der Waals surface area contributed by atoms with Gasteiger partial charge in [0.1, 0.15) is 16.9 Å². The molecule has 0 amide bonds. The van der Waals surface area contributed by atoms with Gasteiger partial charge in [0.25, 0.3) is 0 Å². The Bertz CT molecular complexity index is 1250. The number of aryl methyl sites for hydroxylation is 1. The fourth-order valence-corrected chi connectivity index (χ4v) is 3.25. The molecule has 1 atom stereocenters. The molecular weight excluding hydrogens is 455 g/mol. The van der Waals surface area contributed by atoms with Crippen molar-refractivity contribution in [3.8, 4) is 11.4 Å².